The molecule has 0 saturated heterocycles. The van der Waals surface area contributed by atoms with Crippen molar-refractivity contribution in [2.75, 3.05) is 0 Å². The molecule has 0 radical (unpaired) electrons. The van der Waals surface area contributed by atoms with Crippen LogP contribution in [0.4, 0.5) is 0 Å². The molecule has 0 amide bonds. The minimum Gasteiger partial charge on any atom is -0.390 e. The number of unbranched alkanes of at least 4 members (excludes halogenated alkanes) is 10. The third-order valence-electron chi connectivity index (χ3n) is 5.92. The van der Waals surface area contributed by atoms with Gasteiger partial charge in [0.05, 0.1) is 38.0 Å². The van der Waals surface area contributed by atoms with E-state index < -0.39 is 38.0 Å². The summed E-state index contributed by atoms with van der Waals surface area (Å²) in [7, 11) is -4.52. The lowest BCUT2D eigenvalue weighted by atomic mass is 9.99. The molecular weight excluding hydrogens is 613 g/mol. The van der Waals surface area contributed by atoms with E-state index >= 15 is 0 Å². The van der Waals surface area contributed by atoms with E-state index in [1.807, 2.05) is 0 Å². The number of rotatable bonds is 23. The van der Waals surface area contributed by atoms with Crippen LogP contribution in [0.5, 0.6) is 0 Å². The van der Waals surface area contributed by atoms with Crippen molar-refractivity contribution in [1.29, 1.82) is 0 Å². The van der Waals surface area contributed by atoms with Gasteiger partial charge in [-0.15, -0.1) is 58.0 Å². The van der Waals surface area contributed by atoms with E-state index in [9.17, 15) is 13.5 Å². The average Bonchev–Trinajstić information content (AvgIpc) is 2.83. The second-order valence-corrected chi connectivity index (χ2v) is 13.3. The van der Waals surface area contributed by atoms with Crippen molar-refractivity contribution in [2.24, 2.45) is 0 Å². The SMILES string of the molecule is CCCCCCCCC(Cl)C(Cl)C(O)C(Cl)C(Cl)C(Cl)CCCCCCCCC(Cl)=COS(=O)(=O)O. The van der Waals surface area contributed by atoms with Crippen molar-refractivity contribution in [3.05, 3.63) is 11.3 Å². The number of alkyl halides is 5. The highest BCUT2D eigenvalue weighted by Gasteiger charge is 2.36. The minimum atomic E-state index is -4.52. The number of aliphatic hydroxyl groups excluding tert-OH is 1. The van der Waals surface area contributed by atoms with Gasteiger partial charge in [0.15, 0.2) is 0 Å². The van der Waals surface area contributed by atoms with Gasteiger partial charge in [-0.3, -0.25) is 4.55 Å². The Bertz CT molecular complexity index is 682. The average molecular weight is 655 g/mol. The highest BCUT2D eigenvalue weighted by atomic mass is 35.5. The van der Waals surface area contributed by atoms with Crippen molar-refractivity contribution in [3.8, 4) is 0 Å². The van der Waals surface area contributed by atoms with Crippen LogP contribution in [-0.2, 0) is 14.6 Å². The summed E-state index contributed by atoms with van der Waals surface area (Å²) in [5, 5.41) is 7.91. The van der Waals surface area contributed by atoms with Crippen LogP contribution in [0, 0.1) is 0 Å². The highest BCUT2D eigenvalue weighted by Crippen LogP contribution is 2.30. The van der Waals surface area contributed by atoms with Crippen LogP contribution in [0.15, 0.2) is 11.3 Å². The van der Waals surface area contributed by atoms with Gasteiger partial charge in [-0.1, -0.05) is 89.2 Å². The monoisotopic (exact) mass is 652 g/mol. The molecule has 0 aromatic carbocycles. The zero-order valence-corrected chi connectivity index (χ0v) is 26.3. The molecule has 0 aliphatic heterocycles. The Morgan fingerprint density at radius 3 is 1.69 bits per heavy atom. The molecule has 12 heteroatoms. The standard InChI is InChI=1S/C24H42Cl6O5S/c1-2-3-4-5-9-13-16-20(27)22(29)24(31)23(30)21(28)19(26)15-12-10-7-6-8-11-14-18(25)17-35-36(32,33)34/h17,19-24,31H,2-16H2,1H3,(H,32,33,34). The van der Waals surface area contributed by atoms with Gasteiger partial charge in [-0.2, -0.15) is 8.42 Å². The third-order valence-corrected chi connectivity index (χ3v) is 9.58. The fraction of sp³-hybridized carbons (Fsp3) is 0.917. The van der Waals surface area contributed by atoms with Crippen LogP contribution in [0.25, 0.3) is 0 Å². The Morgan fingerprint density at radius 1 is 0.750 bits per heavy atom. The molecule has 0 spiro atoms. The van der Waals surface area contributed by atoms with Crippen LogP contribution in [0.3, 0.4) is 0 Å². The van der Waals surface area contributed by atoms with Crippen molar-refractivity contribution in [2.45, 2.75) is 136 Å². The largest absolute Gasteiger partial charge is 0.445 e. The molecule has 5 nitrogen and oxygen atoms in total. The van der Waals surface area contributed by atoms with Gasteiger partial charge in [0.2, 0.25) is 0 Å². The Hall–Kier alpha value is 1.15. The van der Waals surface area contributed by atoms with Crippen LogP contribution < -0.4 is 0 Å². The summed E-state index contributed by atoms with van der Waals surface area (Å²) in [5.74, 6) is 0. The van der Waals surface area contributed by atoms with Gasteiger partial charge < -0.3 is 9.29 Å². The van der Waals surface area contributed by atoms with E-state index in [0.29, 0.717) is 12.8 Å². The normalized spacial score (nSPS) is 17.9. The lowest BCUT2D eigenvalue weighted by Crippen LogP contribution is -2.43. The summed E-state index contributed by atoms with van der Waals surface area (Å²) in [6.45, 7) is 2.19. The Balaban J connectivity index is 4.07. The van der Waals surface area contributed by atoms with E-state index in [2.05, 4.69) is 11.1 Å². The summed E-state index contributed by atoms with van der Waals surface area (Å²) in [6, 6.07) is 0. The summed E-state index contributed by atoms with van der Waals surface area (Å²) < 4.78 is 33.6. The molecule has 36 heavy (non-hydrogen) atoms. The minimum absolute atomic E-state index is 0.227. The topological polar surface area (TPSA) is 83.8 Å². The van der Waals surface area contributed by atoms with Gasteiger partial charge in [-0.25, -0.2) is 0 Å². The Morgan fingerprint density at radius 2 is 1.19 bits per heavy atom. The molecule has 0 aliphatic rings. The van der Waals surface area contributed by atoms with E-state index in [0.717, 1.165) is 64.0 Å². The van der Waals surface area contributed by atoms with E-state index in [1.54, 1.807) is 0 Å². The molecule has 0 fully saturated rings. The predicted octanol–water partition coefficient (Wildman–Crippen LogP) is 9.16. The molecule has 0 aromatic rings. The van der Waals surface area contributed by atoms with Crippen molar-refractivity contribution in [3.63, 3.8) is 0 Å². The second kappa shape index (κ2) is 21.9. The Kier molecular flexibility index (Phi) is 22.6. The Labute approximate surface area is 248 Å². The van der Waals surface area contributed by atoms with Gasteiger partial charge in [0, 0.05) is 0 Å². The first-order valence-corrected chi connectivity index (χ1v) is 16.7. The van der Waals surface area contributed by atoms with Gasteiger partial charge in [0.1, 0.15) is 6.26 Å². The first-order chi connectivity index (χ1) is 16.9. The van der Waals surface area contributed by atoms with Crippen molar-refractivity contribution < 1.29 is 22.3 Å². The number of halogens is 6. The van der Waals surface area contributed by atoms with Gasteiger partial charge >= 0.3 is 10.4 Å². The molecule has 0 aromatic heterocycles. The number of hydrogen-bond donors (Lipinski definition) is 2. The lowest BCUT2D eigenvalue weighted by Gasteiger charge is -2.29. The zero-order valence-electron chi connectivity index (χ0n) is 20.9. The maximum atomic E-state index is 10.6. The molecule has 6 atom stereocenters. The number of aliphatic hydroxyl groups is 1. The van der Waals surface area contributed by atoms with E-state index in [-0.39, 0.29) is 10.4 Å². The van der Waals surface area contributed by atoms with Crippen LogP contribution in [0.2, 0.25) is 0 Å². The quantitative estimate of drug-likeness (QED) is 0.0497. The first-order valence-electron chi connectivity index (χ1n) is 12.8. The van der Waals surface area contributed by atoms with E-state index in [4.69, 9.17) is 74.2 Å². The number of allylic oxidation sites excluding steroid dienone is 1. The van der Waals surface area contributed by atoms with Crippen LogP contribution in [-0.4, -0.2) is 51.1 Å². The molecule has 2 N–H and O–H groups in total. The summed E-state index contributed by atoms with van der Waals surface area (Å²) in [6.07, 6.45) is 14.1. The molecule has 0 rings (SSSR count). The summed E-state index contributed by atoms with van der Waals surface area (Å²) in [5.41, 5.74) is 0. The second-order valence-electron chi connectivity index (χ2n) is 9.16. The molecular formula is C24H42Cl6O5S. The van der Waals surface area contributed by atoms with E-state index in [1.165, 1.54) is 25.7 Å². The molecule has 0 aliphatic carbocycles. The smallest absolute Gasteiger partial charge is 0.390 e. The van der Waals surface area contributed by atoms with Gasteiger partial charge in [0.25, 0.3) is 0 Å². The zero-order chi connectivity index (χ0) is 27.6. The fourth-order valence-corrected chi connectivity index (χ4v) is 5.85. The lowest BCUT2D eigenvalue weighted by molar-refractivity contribution is 0.157. The third kappa shape index (κ3) is 19.2. The van der Waals surface area contributed by atoms with Gasteiger partial charge in [-0.05, 0) is 25.7 Å². The maximum absolute atomic E-state index is 10.6. The molecule has 0 heterocycles. The number of hydrogen-bond acceptors (Lipinski definition) is 4. The highest BCUT2D eigenvalue weighted by molar-refractivity contribution is 7.81. The predicted molar refractivity (Wildman–Crippen MR) is 156 cm³/mol. The summed E-state index contributed by atoms with van der Waals surface area (Å²) in [4.78, 5) is 0. The fourth-order valence-electron chi connectivity index (χ4n) is 3.73. The van der Waals surface area contributed by atoms with Crippen molar-refractivity contribution in [1.82, 2.24) is 0 Å². The van der Waals surface area contributed by atoms with Crippen LogP contribution >= 0.6 is 69.6 Å². The maximum Gasteiger partial charge on any atom is 0.445 e. The molecule has 0 saturated carbocycles. The molecule has 6 unspecified atom stereocenters. The molecule has 0 bridgehead atoms. The van der Waals surface area contributed by atoms with Crippen molar-refractivity contribution >= 4 is 80.0 Å². The molecule has 216 valence electrons. The summed E-state index contributed by atoms with van der Waals surface area (Å²) >= 11 is 38.0. The first kappa shape index (κ1) is 37.1. The van der Waals surface area contributed by atoms with Crippen LogP contribution in [0.1, 0.15) is 103 Å².